The van der Waals surface area contributed by atoms with Gasteiger partial charge in [-0.25, -0.2) is 0 Å². The molecule has 0 saturated carbocycles. The van der Waals surface area contributed by atoms with E-state index in [2.05, 4.69) is 69.4 Å². The number of carbonyl (C=O) groups is 3. The molecular formula is C63H114O6. The highest BCUT2D eigenvalue weighted by Crippen LogP contribution is 2.17. The van der Waals surface area contributed by atoms with E-state index in [1.54, 1.807) is 0 Å². The number of unbranched alkanes of at least 4 members (excludes halogenated alkanes) is 36. The Balaban J connectivity index is 4.41. The van der Waals surface area contributed by atoms with Crippen molar-refractivity contribution in [3.05, 3.63) is 48.6 Å². The van der Waals surface area contributed by atoms with Gasteiger partial charge in [-0.15, -0.1) is 0 Å². The monoisotopic (exact) mass is 967 g/mol. The van der Waals surface area contributed by atoms with Crippen molar-refractivity contribution in [1.82, 2.24) is 0 Å². The van der Waals surface area contributed by atoms with Crippen LogP contribution >= 0.6 is 0 Å². The van der Waals surface area contributed by atoms with Crippen molar-refractivity contribution in [2.75, 3.05) is 13.2 Å². The van der Waals surface area contributed by atoms with Crippen molar-refractivity contribution >= 4 is 17.9 Å². The van der Waals surface area contributed by atoms with E-state index in [-0.39, 0.29) is 37.5 Å². The summed E-state index contributed by atoms with van der Waals surface area (Å²) < 4.78 is 16.9. The van der Waals surface area contributed by atoms with E-state index in [9.17, 15) is 14.4 Å². The number of esters is 3. The van der Waals surface area contributed by atoms with E-state index in [4.69, 9.17) is 14.2 Å². The maximum absolute atomic E-state index is 12.9. The third-order valence-corrected chi connectivity index (χ3v) is 13.3. The number of hydrogen-bond acceptors (Lipinski definition) is 6. The van der Waals surface area contributed by atoms with Gasteiger partial charge in [0.1, 0.15) is 13.2 Å². The largest absolute Gasteiger partial charge is 0.462 e. The van der Waals surface area contributed by atoms with Gasteiger partial charge >= 0.3 is 17.9 Å². The quantitative estimate of drug-likeness (QED) is 0.0262. The first kappa shape index (κ1) is 66.4. The standard InChI is InChI=1S/C63H114O6/c1-4-7-10-13-16-19-22-25-28-31-34-37-40-43-46-49-52-55-61(64)67-58-60(69-63(66)57-54-51-48-45-42-39-36-33-30-27-24-21-18-15-12-9-6-3)59-68-62(65)56-53-50-47-44-41-38-35-32-29-26-23-20-17-14-11-8-5-2/h16,19,25,28,34,37,43,46,60H,4-15,17-18,20-24,26-27,29-33,35-36,38-42,44-45,47-59H2,1-3H3/b19-16-,28-25-,37-34-,46-43-/t60-/m1/s1. The second-order valence-corrected chi connectivity index (χ2v) is 20.3. The Hall–Kier alpha value is -2.63. The molecule has 0 bridgehead atoms. The van der Waals surface area contributed by atoms with E-state index in [0.29, 0.717) is 19.3 Å². The van der Waals surface area contributed by atoms with Gasteiger partial charge in [-0.05, 0) is 57.8 Å². The van der Waals surface area contributed by atoms with Crippen LogP contribution in [0.3, 0.4) is 0 Å². The minimum atomic E-state index is -0.791. The summed E-state index contributed by atoms with van der Waals surface area (Å²) in [5, 5.41) is 0. The molecule has 0 aliphatic rings. The Morgan fingerprint density at radius 1 is 0.290 bits per heavy atom. The third kappa shape index (κ3) is 56.2. The van der Waals surface area contributed by atoms with Gasteiger partial charge in [-0.2, -0.15) is 0 Å². The van der Waals surface area contributed by atoms with Gasteiger partial charge < -0.3 is 14.2 Å². The van der Waals surface area contributed by atoms with Crippen LogP contribution in [0.25, 0.3) is 0 Å². The molecule has 6 heteroatoms. The first-order valence-electron chi connectivity index (χ1n) is 30.1. The van der Waals surface area contributed by atoms with Crippen LogP contribution in [0, 0.1) is 0 Å². The van der Waals surface area contributed by atoms with Gasteiger partial charge in [-0.1, -0.05) is 288 Å². The summed E-state index contributed by atoms with van der Waals surface area (Å²) in [5.74, 6) is -0.924. The fourth-order valence-electron chi connectivity index (χ4n) is 8.79. The van der Waals surface area contributed by atoms with Crippen LogP contribution in [0.5, 0.6) is 0 Å². The summed E-state index contributed by atoms with van der Waals surface area (Å²) in [7, 11) is 0. The highest BCUT2D eigenvalue weighted by Gasteiger charge is 2.19. The minimum absolute atomic E-state index is 0.0852. The van der Waals surface area contributed by atoms with Crippen molar-refractivity contribution in [3.63, 3.8) is 0 Å². The summed E-state index contributed by atoms with van der Waals surface area (Å²) in [6, 6.07) is 0. The Morgan fingerprint density at radius 2 is 0.536 bits per heavy atom. The van der Waals surface area contributed by atoms with Crippen molar-refractivity contribution in [2.45, 2.75) is 322 Å². The molecule has 0 rings (SSSR count). The van der Waals surface area contributed by atoms with E-state index < -0.39 is 6.10 Å². The molecule has 0 aromatic rings. The summed E-state index contributed by atoms with van der Waals surface area (Å²) >= 11 is 0. The summed E-state index contributed by atoms with van der Waals surface area (Å²) in [6.07, 6.45) is 71.1. The third-order valence-electron chi connectivity index (χ3n) is 13.3. The predicted octanol–water partition coefficient (Wildman–Crippen LogP) is 20.2. The topological polar surface area (TPSA) is 78.9 Å². The average molecular weight is 968 g/mol. The van der Waals surface area contributed by atoms with Crippen LogP contribution in [-0.4, -0.2) is 37.2 Å². The van der Waals surface area contributed by atoms with Gasteiger partial charge in [0.15, 0.2) is 6.10 Å². The van der Waals surface area contributed by atoms with Gasteiger partial charge in [-0.3, -0.25) is 14.4 Å². The second kappa shape index (κ2) is 57.9. The number of allylic oxidation sites excluding steroid dienone is 8. The molecule has 0 aliphatic carbocycles. The minimum Gasteiger partial charge on any atom is -0.462 e. The lowest BCUT2D eigenvalue weighted by Crippen LogP contribution is -2.30. The maximum atomic E-state index is 12.9. The first-order valence-corrected chi connectivity index (χ1v) is 30.1. The second-order valence-electron chi connectivity index (χ2n) is 20.3. The molecular weight excluding hydrogens is 853 g/mol. The Labute approximate surface area is 428 Å². The van der Waals surface area contributed by atoms with Crippen molar-refractivity contribution < 1.29 is 28.6 Å². The lowest BCUT2D eigenvalue weighted by Gasteiger charge is -2.18. The predicted molar refractivity (Wildman–Crippen MR) is 298 cm³/mol. The zero-order chi connectivity index (χ0) is 50.0. The van der Waals surface area contributed by atoms with Crippen molar-refractivity contribution in [1.29, 1.82) is 0 Å². The Morgan fingerprint density at radius 3 is 0.870 bits per heavy atom. The summed E-state index contributed by atoms with van der Waals surface area (Å²) in [6.45, 7) is 6.62. The number of hydrogen-bond donors (Lipinski definition) is 0. The van der Waals surface area contributed by atoms with Crippen molar-refractivity contribution in [3.8, 4) is 0 Å². The fourth-order valence-corrected chi connectivity index (χ4v) is 8.79. The molecule has 0 aromatic carbocycles. The summed E-state index contributed by atoms with van der Waals surface area (Å²) in [5.41, 5.74) is 0. The molecule has 0 fully saturated rings. The summed E-state index contributed by atoms with van der Waals surface area (Å²) in [4.78, 5) is 38.2. The first-order chi connectivity index (χ1) is 34.0. The lowest BCUT2D eigenvalue weighted by atomic mass is 10.0. The maximum Gasteiger partial charge on any atom is 0.306 e. The molecule has 1 atom stereocenters. The molecule has 0 spiro atoms. The van der Waals surface area contributed by atoms with Crippen LogP contribution in [0.15, 0.2) is 48.6 Å². The molecule has 0 amide bonds. The van der Waals surface area contributed by atoms with Crippen LogP contribution < -0.4 is 0 Å². The van der Waals surface area contributed by atoms with E-state index in [1.807, 2.05) is 0 Å². The van der Waals surface area contributed by atoms with Crippen LogP contribution in [0.2, 0.25) is 0 Å². The molecule has 6 nitrogen and oxygen atoms in total. The highest BCUT2D eigenvalue weighted by atomic mass is 16.6. The molecule has 0 aliphatic heterocycles. The molecule has 0 aromatic heterocycles. The van der Waals surface area contributed by atoms with Crippen LogP contribution in [0.1, 0.15) is 316 Å². The van der Waals surface area contributed by atoms with Gasteiger partial charge in [0, 0.05) is 19.3 Å². The molecule has 0 radical (unpaired) electrons. The number of carbonyl (C=O) groups excluding carboxylic acids is 3. The molecule has 402 valence electrons. The average Bonchev–Trinajstić information content (AvgIpc) is 3.35. The zero-order valence-corrected chi connectivity index (χ0v) is 46.1. The van der Waals surface area contributed by atoms with Crippen molar-refractivity contribution in [2.24, 2.45) is 0 Å². The Kier molecular flexibility index (Phi) is 55.7. The SMILES string of the molecule is CCCCC/C=C\C/C=C\C/C=C\C/C=C\CCCC(=O)OC[C@H](COC(=O)CCCCCCCCCCCCCCCCCCC)OC(=O)CCCCCCCCCCCCCCCCCCC. The lowest BCUT2D eigenvalue weighted by molar-refractivity contribution is -0.167. The van der Waals surface area contributed by atoms with E-state index in [1.165, 1.54) is 205 Å². The zero-order valence-electron chi connectivity index (χ0n) is 46.1. The Bertz CT molecular complexity index is 1200. The van der Waals surface area contributed by atoms with E-state index >= 15 is 0 Å². The fraction of sp³-hybridized carbons (Fsp3) is 0.825. The smallest absolute Gasteiger partial charge is 0.306 e. The van der Waals surface area contributed by atoms with Gasteiger partial charge in [0.05, 0.1) is 0 Å². The van der Waals surface area contributed by atoms with Crippen LogP contribution in [-0.2, 0) is 28.6 Å². The highest BCUT2D eigenvalue weighted by molar-refractivity contribution is 5.71. The molecule has 0 unspecified atom stereocenters. The molecule has 0 heterocycles. The molecule has 0 saturated heterocycles. The van der Waals surface area contributed by atoms with Gasteiger partial charge in [0.25, 0.3) is 0 Å². The number of rotatable bonds is 55. The molecule has 0 N–H and O–H groups in total. The normalized spacial score (nSPS) is 12.3. The number of ether oxygens (including phenoxy) is 3. The van der Waals surface area contributed by atoms with E-state index in [0.717, 1.165) is 64.2 Å². The van der Waals surface area contributed by atoms with Gasteiger partial charge in [0.2, 0.25) is 0 Å². The molecule has 69 heavy (non-hydrogen) atoms. The van der Waals surface area contributed by atoms with Crippen LogP contribution in [0.4, 0.5) is 0 Å².